The molecule has 0 radical (unpaired) electrons. The summed E-state index contributed by atoms with van der Waals surface area (Å²) in [4.78, 5) is 13.3. The number of hydrogen-bond donors (Lipinski definition) is 0. The van der Waals surface area contributed by atoms with Crippen LogP contribution in [0.2, 0.25) is 0 Å². The van der Waals surface area contributed by atoms with Gasteiger partial charge in [-0.15, -0.1) is 0 Å². The van der Waals surface area contributed by atoms with Crippen LogP contribution in [-0.4, -0.2) is 45.5 Å². The number of halogens is 3. The summed E-state index contributed by atoms with van der Waals surface area (Å²) >= 11 is 2.82. The smallest absolute Gasteiger partial charge is 0.262 e. The van der Waals surface area contributed by atoms with Crippen LogP contribution in [-0.2, 0) is 13.8 Å². The van der Waals surface area contributed by atoms with Gasteiger partial charge in [-0.2, -0.15) is 0 Å². The van der Waals surface area contributed by atoms with Gasteiger partial charge in [0.1, 0.15) is 10.7 Å². The standard InChI is InChI=1S/C12H12BrClFNO4S/c1-20-8-2-3-16(6-8)12(17)7-4-9(15)11(13)10(5-7)21(14,18)19/h4-5,8H,2-3,6H2,1H3. The normalized spacial score (nSPS) is 19.0. The lowest BCUT2D eigenvalue weighted by molar-refractivity contribution is 0.0723. The topological polar surface area (TPSA) is 63.7 Å². The first-order chi connectivity index (χ1) is 9.74. The molecule has 1 aromatic carbocycles. The van der Waals surface area contributed by atoms with Gasteiger partial charge in [0, 0.05) is 36.4 Å². The minimum atomic E-state index is -4.16. The van der Waals surface area contributed by atoms with Crippen LogP contribution in [0, 0.1) is 5.82 Å². The molecule has 1 aliphatic rings. The Labute approximate surface area is 134 Å². The van der Waals surface area contributed by atoms with Crippen LogP contribution < -0.4 is 0 Å². The Balaban J connectivity index is 2.37. The van der Waals surface area contributed by atoms with Crippen LogP contribution in [0.15, 0.2) is 21.5 Å². The molecule has 1 heterocycles. The molecule has 0 spiro atoms. The molecule has 5 nitrogen and oxygen atoms in total. The predicted octanol–water partition coefficient (Wildman–Crippen LogP) is 2.38. The monoisotopic (exact) mass is 399 g/mol. The van der Waals surface area contributed by atoms with Gasteiger partial charge in [-0.3, -0.25) is 4.79 Å². The summed E-state index contributed by atoms with van der Waals surface area (Å²) in [6, 6.07) is 2.05. The molecule has 0 N–H and O–H groups in total. The number of carbonyl (C=O) groups is 1. The number of nitrogens with zero attached hydrogens (tertiary/aromatic N) is 1. The Morgan fingerprint density at radius 2 is 2.19 bits per heavy atom. The number of carbonyl (C=O) groups excluding carboxylic acids is 1. The Hall–Kier alpha value is -0.700. The number of methoxy groups -OCH3 is 1. The zero-order chi connectivity index (χ0) is 15.8. The van der Waals surface area contributed by atoms with Crippen molar-refractivity contribution in [3.63, 3.8) is 0 Å². The quantitative estimate of drug-likeness (QED) is 0.731. The molecule has 1 amide bonds. The molecule has 0 aliphatic carbocycles. The van der Waals surface area contributed by atoms with Gasteiger partial charge < -0.3 is 9.64 Å². The maximum atomic E-state index is 13.8. The maximum absolute atomic E-state index is 13.8. The summed E-state index contributed by atoms with van der Waals surface area (Å²) in [5, 5.41) is 0. The zero-order valence-corrected chi connectivity index (χ0v) is 14.1. The van der Waals surface area contributed by atoms with Crippen molar-refractivity contribution in [1.82, 2.24) is 4.90 Å². The maximum Gasteiger partial charge on any atom is 0.262 e. The molecule has 0 bridgehead atoms. The largest absolute Gasteiger partial charge is 0.380 e. The van der Waals surface area contributed by atoms with Crippen LogP contribution in [0.25, 0.3) is 0 Å². The van der Waals surface area contributed by atoms with Gasteiger partial charge >= 0.3 is 0 Å². The lowest BCUT2D eigenvalue weighted by Crippen LogP contribution is -2.30. The van der Waals surface area contributed by atoms with E-state index in [2.05, 4.69) is 15.9 Å². The number of ether oxygens (including phenoxy) is 1. The fourth-order valence-electron chi connectivity index (χ4n) is 2.15. The van der Waals surface area contributed by atoms with Crippen LogP contribution >= 0.6 is 26.6 Å². The first kappa shape index (κ1) is 16.7. The molecule has 0 aromatic heterocycles. The van der Waals surface area contributed by atoms with E-state index in [1.807, 2.05) is 0 Å². The van der Waals surface area contributed by atoms with Crippen molar-refractivity contribution in [1.29, 1.82) is 0 Å². The molecule has 2 rings (SSSR count). The van der Waals surface area contributed by atoms with Gasteiger partial charge in [0.2, 0.25) is 0 Å². The van der Waals surface area contributed by atoms with Crippen molar-refractivity contribution < 1.29 is 22.3 Å². The van der Waals surface area contributed by atoms with Gasteiger partial charge in [-0.05, 0) is 34.5 Å². The minimum absolute atomic E-state index is 0.0633. The summed E-state index contributed by atoms with van der Waals surface area (Å²) in [6.07, 6.45) is 0.618. The van der Waals surface area contributed by atoms with Crippen molar-refractivity contribution in [3.8, 4) is 0 Å². The molecule has 116 valence electrons. The highest BCUT2D eigenvalue weighted by Gasteiger charge is 2.29. The SMILES string of the molecule is COC1CCN(C(=O)c2cc(F)c(Br)c(S(=O)(=O)Cl)c2)C1. The van der Waals surface area contributed by atoms with E-state index in [0.717, 1.165) is 12.1 Å². The second-order valence-corrected chi connectivity index (χ2v) is 7.93. The number of likely N-dealkylation sites (tertiary alicyclic amines) is 1. The predicted molar refractivity (Wildman–Crippen MR) is 78.5 cm³/mol. The average molecular weight is 401 g/mol. The lowest BCUT2D eigenvalue weighted by atomic mass is 10.2. The Bertz CT molecular complexity index is 682. The summed E-state index contributed by atoms with van der Waals surface area (Å²) in [5.41, 5.74) is -0.0633. The van der Waals surface area contributed by atoms with Crippen molar-refractivity contribution in [2.24, 2.45) is 0 Å². The summed E-state index contributed by atoms with van der Waals surface area (Å²) < 4.78 is 41.5. The molecule has 1 unspecified atom stereocenters. The van der Waals surface area contributed by atoms with E-state index in [-0.39, 0.29) is 16.1 Å². The van der Waals surface area contributed by atoms with Crippen LogP contribution in [0.1, 0.15) is 16.8 Å². The van der Waals surface area contributed by atoms with E-state index >= 15 is 0 Å². The molecular weight excluding hydrogens is 389 g/mol. The molecule has 1 aliphatic heterocycles. The molecular formula is C12H12BrClFNO4S. The highest BCUT2D eigenvalue weighted by atomic mass is 79.9. The van der Waals surface area contributed by atoms with Crippen molar-refractivity contribution >= 4 is 41.6 Å². The van der Waals surface area contributed by atoms with Gasteiger partial charge in [0.05, 0.1) is 10.6 Å². The van der Waals surface area contributed by atoms with Gasteiger partial charge in [-0.25, -0.2) is 12.8 Å². The van der Waals surface area contributed by atoms with Crippen molar-refractivity contribution in [3.05, 3.63) is 28.0 Å². The van der Waals surface area contributed by atoms with Crippen LogP contribution in [0.5, 0.6) is 0 Å². The highest BCUT2D eigenvalue weighted by molar-refractivity contribution is 9.10. The minimum Gasteiger partial charge on any atom is -0.380 e. The molecule has 0 saturated carbocycles. The van der Waals surface area contributed by atoms with E-state index in [1.165, 1.54) is 4.90 Å². The highest BCUT2D eigenvalue weighted by Crippen LogP contribution is 2.30. The number of benzene rings is 1. The molecule has 21 heavy (non-hydrogen) atoms. The van der Waals surface area contributed by atoms with E-state index in [1.54, 1.807) is 7.11 Å². The zero-order valence-electron chi connectivity index (χ0n) is 11.0. The second-order valence-electron chi connectivity index (χ2n) is 4.61. The van der Waals surface area contributed by atoms with Gasteiger partial charge in [0.25, 0.3) is 15.0 Å². The fourth-order valence-corrected chi connectivity index (χ4v) is 4.24. The first-order valence-electron chi connectivity index (χ1n) is 6.00. The van der Waals surface area contributed by atoms with E-state index in [4.69, 9.17) is 15.4 Å². The van der Waals surface area contributed by atoms with E-state index in [0.29, 0.717) is 19.5 Å². The van der Waals surface area contributed by atoms with Crippen LogP contribution in [0.4, 0.5) is 4.39 Å². The molecule has 9 heteroatoms. The molecule has 1 atom stereocenters. The number of amides is 1. The second kappa shape index (κ2) is 6.20. The third kappa shape index (κ3) is 3.56. The van der Waals surface area contributed by atoms with Crippen LogP contribution in [0.3, 0.4) is 0 Å². The Morgan fingerprint density at radius 1 is 1.52 bits per heavy atom. The van der Waals surface area contributed by atoms with E-state index < -0.39 is 25.7 Å². The van der Waals surface area contributed by atoms with Gasteiger partial charge in [-0.1, -0.05) is 0 Å². The first-order valence-corrected chi connectivity index (χ1v) is 9.10. The third-order valence-electron chi connectivity index (χ3n) is 3.27. The molecule has 1 fully saturated rings. The molecule has 1 saturated heterocycles. The van der Waals surface area contributed by atoms with Crippen molar-refractivity contribution in [2.75, 3.05) is 20.2 Å². The Morgan fingerprint density at radius 3 is 2.71 bits per heavy atom. The third-order valence-corrected chi connectivity index (χ3v) is 5.68. The summed E-state index contributed by atoms with van der Waals surface area (Å²) in [5.74, 6) is -1.31. The van der Waals surface area contributed by atoms with Crippen molar-refractivity contribution in [2.45, 2.75) is 17.4 Å². The Kier molecular flexibility index (Phi) is 4.92. The summed E-state index contributed by atoms with van der Waals surface area (Å²) in [7, 11) is 2.64. The summed E-state index contributed by atoms with van der Waals surface area (Å²) in [6.45, 7) is 0.855. The van der Waals surface area contributed by atoms with Gasteiger partial charge in [0.15, 0.2) is 0 Å². The average Bonchev–Trinajstić information content (AvgIpc) is 2.88. The fraction of sp³-hybridized carbons (Fsp3) is 0.417. The number of hydrogen-bond acceptors (Lipinski definition) is 4. The number of rotatable bonds is 3. The molecule has 1 aromatic rings. The lowest BCUT2D eigenvalue weighted by Gasteiger charge is -2.17. The van der Waals surface area contributed by atoms with E-state index in [9.17, 15) is 17.6 Å².